The molecule has 5 nitrogen and oxygen atoms in total. The van der Waals surface area contributed by atoms with E-state index in [0.29, 0.717) is 12.0 Å². The molecule has 1 aromatic carbocycles. The van der Waals surface area contributed by atoms with Crippen LogP contribution >= 0.6 is 0 Å². The molecular formula is C19H24N2O3S. The maximum atomic E-state index is 12.8. The predicted molar refractivity (Wildman–Crippen MR) is 99.3 cm³/mol. The van der Waals surface area contributed by atoms with Crippen molar-refractivity contribution < 1.29 is 13.2 Å². The van der Waals surface area contributed by atoms with Crippen molar-refractivity contribution in [1.82, 2.24) is 9.47 Å². The molecule has 1 unspecified atom stereocenters. The summed E-state index contributed by atoms with van der Waals surface area (Å²) in [5.74, 6) is 0.403. The molecule has 1 fully saturated rings. The first-order valence-electron chi connectivity index (χ1n) is 8.47. The third-order valence-corrected chi connectivity index (χ3v) is 6.72. The normalized spacial score (nSPS) is 19.4. The molecule has 2 heterocycles. The van der Waals surface area contributed by atoms with E-state index in [0.717, 1.165) is 17.1 Å². The van der Waals surface area contributed by atoms with Crippen molar-refractivity contribution in [3.8, 4) is 5.69 Å². The Bertz CT molecular complexity index is 885. The number of aromatic nitrogens is 1. The Morgan fingerprint density at radius 1 is 1.24 bits per heavy atom. The molecule has 0 radical (unpaired) electrons. The summed E-state index contributed by atoms with van der Waals surface area (Å²) >= 11 is 0. The van der Waals surface area contributed by atoms with Crippen molar-refractivity contribution >= 4 is 15.6 Å². The highest BCUT2D eigenvalue weighted by atomic mass is 32.2. The molecule has 1 saturated heterocycles. The number of nitrogens with zero attached hydrogens (tertiary/aromatic N) is 2. The van der Waals surface area contributed by atoms with Crippen LogP contribution < -0.4 is 0 Å². The van der Waals surface area contributed by atoms with Crippen LogP contribution in [-0.2, 0) is 9.84 Å². The van der Waals surface area contributed by atoms with Gasteiger partial charge in [-0.3, -0.25) is 9.69 Å². The Balaban J connectivity index is 1.79. The Morgan fingerprint density at radius 3 is 2.52 bits per heavy atom. The van der Waals surface area contributed by atoms with E-state index in [2.05, 4.69) is 4.57 Å². The Labute approximate surface area is 149 Å². The van der Waals surface area contributed by atoms with Crippen LogP contribution in [0.15, 0.2) is 36.4 Å². The Hall–Kier alpha value is -1.92. The van der Waals surface area contributed by atoms with Crippen molar-refractivity contribution in [2.45, 2.75) is 26.3 Å². The molecule has 2 aromatic rings. The number of para-hydroxylation sites is 1. The van der Waals surface area contributed by atoms with Crippen molar-refractivity contribution in [2.24, 2.45) is 0 Å². The van der Waals surface area contributed by atoms with Crippen LogP contribution in [0.4, 0.5) is 0 Å². The Kier molecular flexibility index (Phi) is 4.84. The number of hydrogen-bond donors (Lipinski definition) is 0. The van der Waals surface area contributed by atoms with Crippen LogP contribution in [0.25, 0.3) is 5.69 Å². The standard InChI is InChI=1S/C19H24N2O3S/c1-14-11-18(15(2)21(14)16-7-5-4-6-8-16)19(22)12-20(3)17-9-10-25(23,24)13-17/h4-8,11,17H,9-10,12-13H2,1-3H3. The predicted octanol–water partition coefficient (Wildman–Crippen LogP) is 2.40. The van der Waals surface area contributed by atoms with E-state index in [9.17, 15) is 13.2 Å². The molecule has 25 heavy (non-hydrogen) atoms. The first kappa shape index (κ1) is 17.9. The maximum absolute atomic E-state index is 12.8. The highest BCUT2D eigenvalue weighted by molar-refractivity contribution is 7.91. The second kappa shape index (κ2) is 6.77. The zero-order valence-electron chi connectivity index (χ0n) is 14.9. The zero-order chi connectivity index (χ0) is 18.2. The molecule has 0 bridgehead atoms. The number of ketones is 1. The summed E-state index contributed by atoms with van der Waals surface area (Å²) in [5.41, 5.74) is 3.67. The Morgan fingerprint density at radius 2 is 1.92 bits per heavy atom. The summed E-state index contributed by atoms with van der Waals surface area (Å²) < 4.78 is 25.4. The van der Waals surface area contributed by atoms with Crippen LogP contribution in [-0.4, -0.2) is 54.8 Å². The number of hydrogen-bond acceptors (Lipinski definition) is 4. The molecule has 1 aliphatic heterocycles. The SMILES string of the molecule is Cc1cc(C(=O)CN(C)C2CCS(=O)(=O)C2)c(C)n1-c1ccccc1. The fourth-order valence-electron chi connectivity index (χ4n) is 3.58. The van der Waals surface area contributed by atoms with Gasteiger partial charge in [0, 0.05) is 28.7 Å². The van der Waals surface area contributed by atoms with Gasteiger partial charge in [0.1, 0.15) is 0 Å². The molecule has 1 atom stereocenters. The number of Topliss-reactive ketones (excluding diaryl/α,β-unsaturated/α-hetero) is 1. The number of sulfone groups is 1. The summed E-state index contributed by atoms with van der Waals surface area (Å²) in [6, 6.07) is 11.8. The van der Waals surface area contributed by atoms with Gasteiger partial charge in [-0.1, -0.05) is 18.2 Å². The van der Waals surface area contributed by atoms with Gasteiger partial charge in [0.15, 0.2) is 15.6 Å². The lowest BCUT2D eigenvalue weighted by molar-refractivity contribution is 0.0926. The first-order valence-corrected chi connectivity index (χ1v) is 10.3. The second-order valence-electron chi connectivity index (χ2n) is 6.85. The quantitative estimate of drug-likeness (QED) is 0.768. The van der Waals surface area contributed by atoms with Crippen LogP contribution in [0.3, 0.4) is 0 Å². The molecule has 0 N–H and O–H groups in total. The minimum Gasteiger partial charge on any atom is -0.318 e. The summed E-state index contributed by atoms with van der Waals surface area (Å²) in [7, 11) is -1.11. The molecule has 0 spiro atoms. The summed E-state index contributed by atoms with van der Waals surface area (Å²) in [6.45, 7) is 4.18. The molecule has 1 aliphatic rings. The van der Waals surface area contributed by atoms with Gasteiger partial charge in [-0.05, 0) is 45.5 Å². The minimum absolute atomic E-state index is 0.0297. The molecule has 6 heteroatoms. The summed E-state index contributed by atoms with van der Waals surface area (Å²) in [6.07, 6.45) is 0.606. The van der Waals surface area contributed by atoms with E-state index < -0.39 is 9.84 Å². The monoisotopic (exact) mass is 360 g/mol. The average molecular weight is 360 g/mol. The van der Waals surface area contributed by atoms with E-state index in [4.69, 9.17) is 0 Å². The topological polar surface area (TPSA) is 59.4 Å². The number of aryl methyl sites for hydroxylation is 1. The van der Waals surface area contributed by atoms with Gasteiger partial charge < -0.3 is 4.57 Å². The largest absolute Gasteiger partial charge is 0.318 e. The van der Waals surface area contributed by atoms with Crippen molar-refractivity contribution in [3.05, 3.63) is 53.3 Å². The highest BCUT2D eigenvalue weighted by Crippen LogP contribution is 2.22. The number of carbonyl (C=O) groups is 1. The van der Waals surface area contributed by atoms with Gasteiger partial charge in [-0.25, -0.2) is 8.42 Å². The van der Waals surface area contributed by atoms with E-state index in [-0.39, 0.29) is 29.9 Å². The van der Waals surface area contributed by atoms with Crippen LogP contribution in [0.2, 0.25) is 0 Å². The van der Waals surface area contributed by atoms with Crippen molar-refractivity contribution in [1.29, 1.82) is 0 Å². The fourth-order valence-corrected chi connectivity index (χ4v) is 5.39. The smallest absolute Gasteiger partial charge is 0.178 e. The van der Waals surface area contributed by atoms with Gasteiger partial charge in [-0.2, -0.15) is 0 Å². The number of rotatable bonds is 5. The molecule has 0 amide bonds. The lowest BCUT2D eigenvalue weighted by atomic mass is 10.1. The number of benzene rings is 1. The lowest BCUT2D eigenvalue weighted by Crippen LogP contribution is -2.36. The minimum atomic E-state index is -2.94. The number of carbonyl (C=O) groups excluding carboxylic acids is 1. The van der Waals surface area contributed by atoms with Crippen molar-refractivity contribution in [2.75, 3.05) is 25.1 Å². The zero-order valence-corrected chi connectivity index (χ0v) is 15.7. The summed E-state index contributed by atoms with van der Waals surface area (Å²) in [4.78, 5) is 14.7. The number of likely N-dealkylation sites (N-methyl/N-ethyl adjacent to an activating group) is 1. The van der Waals surface area contributed by atoms with Gasteiger partial charge in [0.25, 0.3) is 0 Å². The van der Waals surface area contributed by atoms with Gasteiger partial charge >= 0.3 is 0 Å². The van der Waals surface area contributed by atoms with Crippen LogP contribution in [0, 0.1) is 13.8 Å². The molecule has 0 aliphatic carbocycles. The van der Waals surface area contributed by atoms with Crippen LogP contribution in [0.1, 0.15) is 28.2 Å². The van der Waals surface area contributed by atoms with E-state index in [1.807, 2.05) is 62.2 Å². The summed E-state index contributed by atoms with van der Waals surface area (Å²) in [5, 5.41) is 0. The lowest BCUT2D eigenvalue weighted by Gasteiger charge is -2.22. The van der Waals surface area contributed by atoms with E-state index in [1.54, 1.807) is 0 Å². The van der Waals surface area contributed by atoms with Gasteiger partial charge in [0.05, 0.1) is 18.1 Å². The van der Waals surface area contributed by atoms with Crippen LogP contribution in [0.5, 0.6) is 0 Å². The third kappa shape index (κ3) is 3.70. The van der Waals surface area contributed by atoms with E-state index >= 15 is 0 Å². The van der Waals surface area contributed by atoms with Crippen molar-refractivity contribution in [3.63, 3.8) is 0 Å². The molecule has 1 aromatic heterocycles. The molecular weight excluding hydrogens is 336 g/mol. The molecule has 0 saturated carbocycles. The molecule has 134 valence electrons. The first-order chi connectivity index (χ1) is 11.8. The highest BCUT2D eigenvalue weighted by Gasteiger charge is 2.31. The second-order valence-corrected chi connectivity index (χ2v) is 9.08. The third-order valence-electron chi connectivity index (χ3n) is 4.97. The average Bonchev–Trinajstić information content (AvgIpc) is 3.07. The maximum Gasteiger partial charge on any atom is 0.178 e. The molecule has 3 rings (SSSR count). The van der Waals surface area contributed by atoms with Gasteiger partial charge in [0.2, 0.25) is 0 Å². The fraction of sp³-hybridized carbons (Fsp3) is 0.421. The van der Waals surface area contributed by atoms with Gasteiger partial charge in [-0.15, -0.1) is 0 Å². The van der Waals surface area contributed by atoms with E-state index in [1.165, 1.54) is 0 Å².